The third kappa shape index (κ3) is 4.51. The summed E-state index contributed by atoms with van der Waals surface area (Å²) in [5.74, 6) is 0. The van der Waals surface area contributed by atoms with Gasteiger partial charge in [-0.1, -0.05) is 121 Å². The first-order valence-corrected chi connectivity index (χ1v) is 15.7. The van der Waals surface area contributed by atoms with Crippen molar-refractivity contribution in [1.29, 1.82) is 0 Å². The number of hydrogen-bond donors (Lipinski definition) is 0. The van der Waals surface area contributed by atoms with E-state index in [1.54, 1.807) is 0 Å². The van der Waals surface area contributed by atoms with Gasteiger partial charge in [0, 0.05) is 27.8 Å². The number of furan rings is 1. The van der Waals surface area contributed by atoms with Crippen molar-refractivity contribution in [3.8, 4) is 22.3 Å². The second kappa shape index (κ2) is 10.8. The molecule has 46 heavy (non-hydrogen) atoms. The molecule has 0 aliphatic heterocycles. The van der Waals surface area contributed by atoms with Crippen molar-refractivity contribution in [2.75, 3.05) is 4.90 Å². The van der Waals surface area contributed by atoms with Gasteiger partial charge in [0.05, 0.1) is 0 Å². The molecule has 0 bridgehead atoms. The highest BCUT2D eigenvalue weighted by molar-refractivity contribution is 6.17. The SMILES string of the molecule is c1ccc(-c2ccc(N(c3ccc(-c4ccccc4)cc3)c3ccc4ccc5cc6oc7ccccc7c6cc5c4c3)cc2)cc1. The molecule has 9 rings (SSSR count). The molecule has 0 saturated carbocycles. The molecule has 0 N–H and O–H groups in total. The highest BCUT2D eigenvalue weighted by atomic mass is 16.3. The van der Waals surface area contributed by atoms with Crippen molar-refractivity contribution in [2.24, 2.45) is 0 Å². The predicted molar refractivity (Wildman–Crippen MR) is 194 cm³/mol. The number of benzene rings is 8. The summed E-state index contributed by atoms with van der Waals surface area (Å²) in [6.07, 6.45) is 0. The first-order chi connectivity index (χ1) is 22.8. The molecule has 0 unspecified atom stereocenters. The lowest BCUT2D eigenvalue weighted by atomic mass is 9.98. The number of fused-ring (bicyclic) bond motifs is 6. The van der Waals surface area contributed by atoms with Crippen LogP contribution in [0.2, 0.25) is 0 Å². The van der Waals surface area contributed by atoms with Gasteiger partial charge in [0.2, 0.25) is 0 Å². The fourth-order valence-corrected chi connectivity index (χ4v) is 6.71. The predicted octanol–water partition coefficient (Wildman–Crippen LogP) is 12.7. The molecule has 216 valence electrons. The average Bonchev–Trinajstić information content (AvgIpc) is 3.49. The highest BCUT2D eigenvalue weighted by Crippen LogP contribution is 2.40. The van der Waals surface area contributed by atoms with Crippen molar-refractivity contribution in [3.63, 3.8) is 0 Å². The Hall–Kier alpha value is -6.12. The van der Waals surface area contributed by atoms with Crippen LogP contribution in [0.5, 0.6) is 0 Å². The normalized spacial score (nSPS) is 11.5. The molecule has 1 aromatic heterocycles. The Morgan fingerprint density at radius 2 is 0.804 bits per heavy atom. The summed E-state index contributed by atoms with van der Waals surface area (Å²) in [5, 5.41) is 7.10. The molecule has 9 aromatic rings. The quantitative estimate of drug-likeness (QED) is 0.186. The number of para-hydroxylation sites is 1. The van der Waals surface area contributed by atoms with Crippen molar-refractivity contribution in [1.82, 2.24) is 0 Å². The van der Waals surface area contributed by atoms with Crippen molar-refractivity contribution in [2.45, 2.75) is 0 Å². The van der Waals surface area contributed by atoms with Crippen LogP contribution in [0.4, 0.5) is 17.1 Å². The maximum atomic E-state index is 6.23. The van der Waals surface area contributed by atoms with E-state index in [-0.39, 0.29) is 0 Å². The van der Waals surface area contributed by atoms with Crippen LogP contribution in [0.3, 0.4) is 0 Å². The lowest BCUT2D eigenvalue weighted by Crippen LogP contribution is -2.09. The second-order valence-corrected chi connectivity index (χ2v) is 11.8. The third-order valence-corrected chi connectivity index (χ3v) is 9.04. The lowest BCUT2D eigenvalue weighted by molar-refractivity contribution is 0.669. The summed E-state index contributed by atoms with van der Waals surface area (Å²) < 4.78 is 6.23. The van der Waals surface area contributed by atoms with Crippen LogP contribution < -0.4 is 4.90 Å². The summed E-state index contributed by atoms with van der Waals surface area (Å²) in [5.41, 5.74) is 9.98. The van der Waals surface area contributed by atoms with Crippen LogP contribution in [0, 0.1) is 0 Å². The molecule has 0 radical (unpaired) electrons. The Labute approximate surface area is 267 Å². The Kier molecular flexibility index (Phi) is 6.17. The third-order valence-electron chi connectivity index (χ3n) is 9.04. The van der Waals surface area contributed by atoms with E-state index in [4.69, 9.17) is 4.42 Å². The van der Waals surface area contributed by atoms with Gasteiger partial charge in [0.25, 0.3) is 0 Å². The van der Waals surface area contributed by atoms with Gasteiger partial charge >= 0.3 is 0 Å². The van der Waals surface area contributed by atoms with Gasteiger partial charge in [0.15, 0.2) is 0 Å². The zero-order valence-corrected chi connectivity index (χ0v) is 25.1. The van der Waals surface area contributed by atoms with Gasteiger partial charge in [-0.25, -0.2) is 0 Å². The minimum absolute atomic E-state index is 0.918. The molecule has 2 nitrogen and oxygen atoms in total. The Bertz CT molecular complexity index is 2410. The lowest BCUT2D eigenvalue weighted by Gasteiger charge is -2.26. The van der Waals surface area contributed by atoms with Crippen LogP contribution in [-0.2, 0) is 0 Å². The van der Waals surface area contributed by atoms with Crippen molar-refractivity contribution in [3.05, 3.63) is 176 Å². The van der Waals surface area contributed by atoms with Crippen LogP contribution in [0.25, 0.3) is 65.7 Å². The first kappa shape index (κ1) is 26.3. The zero-order valence-electron chi connectivity index (χ0n) is 25.1. The van der Waals surface area contributed by atoms with Gasteiger partial charge in [-0.15, -0.1) is 0 Å². The molecule has 0 saturated heterocycles. The highest BCUT2D eigenvalue weighted by Gasteiger charge is 2.16. The van der Waals surface area contributed by atoms with Crippen molar-refractivity contribution < 1.29 is 4.42 Å². The fraction of sp³-hybridized carbons (Fsp3) is 0. The number of nitrogens with zero attached hydrogens (tertiary/aromatic N) is 1. The summed E-state index contributed by atoms with van der Waals surface area (Å²) in [4.78, 5) is 2.35. The number of anilines is 3. The van der Waals surface area contributed by atoms with Gasteiger partial charge in [0.1, 0.15) is 11.2 Å². The molecule has 0 aliphatic rings. The summed E-state index contributed by atoms with van der Waals surface area (Å²) in [7, 11) is 0. The van der Waals surface area contributed by atoms with E-state index in [2.05, 4.69) is 169 Å². The molecular weight excluding hydrogens is 558 g/mol. The molecule has 0 aliphatic carbocycles. The minimum atomic E-state index is 0.918. The van der Waals surface area contributed by atoms with Crippen LogP contribution in [0.1, 0.15) is 0 Å². The monoisotopic (exact) mass is 587 g/mol. The Morgan fingerprint density at radius 3 is 1.46 bits per heavy atom. The molecule has 0 amide bonds. The first-order valence-electron chi connectivity index (χ1n) is 15.7. The van der Waals surface area contributed by atoms with Crippen LogP contribution >= 0.6 is 0 Å². The standard InChI is InChI=1S/C44H29NO/c1-3-9-30(10-4-1)32-17-22-36(23-18-32)45(37-24-19-33(20-25-37)31-11-5-2-6-12-31)38-26-21-34-15-16-35-27-44-42(29-41(35)40(34)28-38)39-13-7-8-14-43(39)46-44/h1-29H. The van der Waals surface area contributed by atoms with E-state index >= 15 is 0 Å². The van der Waals surface area contributed by atoms with E-state index in [9.17, 15) is 0 Å². The summed E-state index contributed by atoms with van der Waals surface area (Å²) in [6.45, 7) is 0. The topological polar surface area (TPSA) is 16.4 Å². The Morgan fingerprint density at radius 1 is 0.304 bits per heavy atom. The average molecular weight is 588 g/mol. The molecule has 0 fully saturated rings. The molecule has 8 aromatic carbocycles. The molecule has 2 heteroatoms. The molecular formula is C44H29NO. The van der Waals surface area contributed by atoms with E-state index in [1.807, 2.05) is 12.1 Å². The minimum Gasteiger partial charge on any atom is -0.456 e. The largest absolute Gasteiger partial charge is 0.456 e. The van der Waals surface area contributed by atoms with Gasteiger partial charge < -0.3 is 9.32 Å². The van der Waals surface area contributed by atoms with E-state index in [0.717, 1.165) is 39.0 Å². The van der Waals surface area contributed by atoms with Gasteiger partial charge in [-0.05, 0) is 98.4 Å². The maximum Gasteiger partial charge on any atom is 0.136 e. The van der Waals surface area contributed by atoms with Gasteiger partial charge in [-0.2, -0.15) is 0 Å². The van der Waals surface area contributed by atoms with Crippen molar-refractivity contribution >= 4 is 60.5 Å². The number of rotatable bonds is 5. The molecule has 1 heterocycles. The van der Waals surface area contributed by atoms with Crippen LogP contribution in [0.15, 0.2) is 180 Å². The molecule has 0 atom stereocenters. The fourth-order valence-electron chi connectivity index (χ4n) is 6.71. The summed E-state index contributed by atoms with van der Waals surface area (Å²) in [6, 6.07) is 62.8. The zero-order chi connectivity index (χ0) is 30.5. The maximum absolute atomic E-state index is 6.23. The van der Waals surface area contributed by atoms with Crippen LogP contribution in [-0.4, -0.2) is 0 Å². The Balaban J connectivity index is 1.22. The number of hydrogen-bond acceptors (Lipinski definition) is 2. The summed E-state index contributed by atoms with van der Waals surface area (Å²) >= 11 is 0. The second-order valence-electron chi connectivity index (χ2n) is 11.8. The van der Waals surface area contributed by atoms with E-state index in [1.165, 1.54) is 43.8 Å². The molecule has 0 spiro atoms. The smallest absolute Gasteiger partial charge is 0.136 e. The van der Waals surface area contributed by atoms with E-state index < -0.39 is 0 Å². The van der Waals surface area contributed by atoms with E-state index in [0.29, 0.717) is 0 Å². The van der Waals surface area contributed by atoms with Gasteiger partial charge in [-0.3, -0.25) is 0 Å².